The lowest BCUT2D eigenvalue weighted by Crippen LogP contribution is -2.49. The summed E-state index contributed by atoms with van der Waals surface area (Å²) in [4.78, 5) is 22.1. The van der Waals surface area contributed by atoms with Gasteiger partial charge in [0, 0.05) is 31.2 Å². The van der Waals surface area contributed by atoms with Crippen LogP contribution in [0.1, 0.15) is 18.8 Å². The van der Waals surface area contributed by atoms with E-state index in [2.05, 4.69) is 14.9 Å². The largest absolute Gasteiger partial charge is 0.309 e. The molecule has 1 saturated heterocycles. The fourth-order valence-electron chi connectivity index (χ4n) is 3.58. The standard InChI is InChI=1S/C20H21ClN4O3S/c1-14(19-22-18-8-3-2-7-17(18)20(26)23-19)24-9-11-25(12-10-24)29(27,28)16-6-4-5-15(21)13-16/h2-8,13-14H,9-12H2,1H3,(H,22,23,26). The van der Waals surface area contributed by atoms with Gasteiger partial charge in [-0.3, -0.25) is 9.69 Å². The highest BCUT2D eigenvalue weighted by Gasteiger charge is 2.31. The van der Waals surface area contributed by atoms with Crippen molar-refractivity contribution >= 4 is 32.5 Å². The fourth-order valence-corrected chi connectivity index (χ4v) is 5.31. The Balaban J connectivity index is 1.50. The van der Waals surface area contributed by atoms with Gasteiger partial charge in [0.1, 0.15) is 5.82 Å². The average Bonchev–Trinajstić information content (AvgIpc) is 2.73. The Kier molecular flexibility index (Phi) is 5.44. The first-order valence-corrected chi connectivity index (χ1v) is 11.2. The molecular formula is C20H21ClN4O3S. The summed E-state index contributed by atoms with van der Waals surface area (Å²) in [6.45, 7) is 3.76. The van der Waals surface area contributed by atoms with Crippen LogP contribution in [0.2, 0.25) is 5.02 Å². The average molecular weight is 433 g/mol. The van der Waals surface area contributed by atoms with Crippen molar-refractivity contribution in [1.82, 2.24) is 19.2 Å². The van der Waals surface area contributed by atoms with E-state index in [1.165, 1.54) is 10.4 Å². The van der Waals surface area contributed by atoms with Gasteiger partial charge in [-0.05, 0) is 37.3 Å². The Bertz CT molecular complexity index is 1200. The summed E-state index contributed by atoms with van der Waals surface area (Å²) in [6, 6.07) is 13.4. The van der Waals surface area contributed by atoms with Crippen molar-refractivity contribution in [1.29, 1.82) is 0 Å². The number of para-hydroxylation sites is 1. The molecule has 0 amide bonds. The number of nitrogens with zero attached hydrogens (tertiary/aromatic N) is 3. The summed E-state index contributed by atoms with van der Waals surface area (Å²) in [5.41, 5.74) is 0.486. The van der Waals surface area contributed by atoms with Gasteiger partial charge in [0.25, 0.3) is 5.56 Å². The molecular weight excluding hydrogens is 412 g/mol. The lowest BCUT2D eigenvalue weighted by Gasteiger charge is -2.37. The zero-order chi connectivity index (χ0) is 20.6. The number of halogens is 1. The van der Waals surface area contributed by atoms with Crippen LogP contribution in [0.25, 0.3) is 10.9 Å². The molecule has 0 bridgehead atoms. The monoisotopic (exact) mass is 432 g/mol. The molecule has 152 valence electrons. The van der Waals surface area contributed by atoms with Crippen molar-refractivity contribution in [3.05, 3.63) is 69.7 Å². The van der Waals surface area contributed by atoms with E-state index in [0.717, 1.165) is 0 Å². The van der Waals surface area contributed by atoms with Crippen LogP contribution in [0, 0.1) is 0 Å². The van der Waals surface area contributed by atoms with Gasteiger partial charge in [0.15, 0.2) is 0 Å². The number of hydrogen-bond donors (Lipinski definition) is 1. The Hall–Kier alpha value is -2.26. The number of sulfonamides is 1. The molecule has 9 heteroatoms. The highest BCUT2D eigenvalue weighted by atomic mass is 35.5. The molecule has 2 aromatic carbocycles. The van der Waals surface area contributed by atoms with Crippen molar-refractivity contribution in [3.8, 4) is 0 Å². The molecule has 1 aliphatic rings. The van der Waals surface area contributed by atoms with E-state index in [4.69, 9.17) is 11.6 Å². The molecule has 1 aromatic heterocycles. The third-order valence-electron chi connectivity index (χ3n) is 5.28. The molecule has 0 aliphatic carbocycles. The van der Waals surface area contributed by atoms with Crippen LogP contribution in [0.3, 0.4) is 0 Å². The predicted molar refractivity (Wildman–Crippen MR) is 113 cm³/mol. The topological polar surface area (TPSA) is 86.4 Å². The molecule has 1 aliphatic heterocycles. The SMILES string of the molecule is CC(c1nc2ccccc2c(=O)[nH]1)N1CCN(S(=O)(=O)c2cccc(Cl)c2)CC1. The van der Waals surface area contributed by atoms with Crippen LogP contribution >= 0.6 is 11.6 Å². The molecule has 1 atom stereocenters. The van der Waals surface area contributed by atoms with Crippen LogP contribution in [-0.4, -0.2) is 53.8 Å². The van der Waals surface area contributed by atoms with Crippen LogP contribution in [-0.2, 0) is 10.0 Å². The summed E-state index contributed by atoms with van der Waals surface area (Å²) in [5.74, 6) is 0.583. The van der Waals surface area contributed by atoms with Gasteiger partial charge < -0.3 is 4.98 Å². The number of benzene rings is 2. The Morgan fingerprint density at radius 3 is 2.52 bits per heavy atom. The molecule has 3 aromatic rings. The first kappa shape index (κ1) is 20.0. The van der Waals surface area contributed by atoms with Gasteiger partial charge >= 0.3 is 0 Å². The Morgan fingerprint density at radius 2 is 1.79 bits per heavy atom. The zero-order valence-corrected chi connectivity index (χ0v) is 17.4. The smallest absolute Gasteiger partial charge is 0.258 e. The van der Waals surface area contributed by atoms with Crippen LogP contribution in [0.15, 0.2) is 58.2 Å². The normalized spacial score (nSPS) is 17.4. The Labute approximate surface area is 174 Å². The second-order valence-corrected chi connectivity index (χ2v) is 9.42. The molecule has 0 radical (unpaired) electrons. The zero-order valence-electron chi connectivity index (χ0n) is 15.9. The van der Waals surface area contributed by atoms with Crippen molar-refractivity contribution in [2.45, 2.75) is 17.9 Å². The Morgan fingerprint density at radius 1 is 1.07 bits per heavy atom. The molecule has 2 heterocycles. The van der Waals surface area contributed by atoms with E-state index < -0.39 is 10.0 Å². The maximum Gasteiger partial charge on any atom is 0.258 e. The number of H-pyrrole nitrogens is 1. The quantitative estimate of drug-likeness (QED) is 0.684. The first-order chi connectivity index (χ1) is 13.9. The summed E-state index contributed by atoms with van der Waals surface area (Å²) in [5, 5.41) is 0.950. The van der Waals surface area contributed by atoms with Crippen LogP contribution in [0.4, 0.5) is 0 Å². The minimum Gasteiger partial charge on any atom is -0.309 e. The van der Waals surface area contributed by atoms with E-state index >= 15 is 0 Å². The van der Waals surface area contributed by atoms with E-state index in [9.17, 15) is 13.2 Å². The number of aromatic nitrogens is 2. The summed E-state index contributed by atoms with van der Waals surface area (Å²) in [7, 11) is -3.59. The second-order valence-electron chi connectivity index (χ2n) is 7.04. The van der Waals surface area contributed by atoms with Gasteiger partial charge in [0.05, 0.1) is 21.8 Å². The van der Waals surface area contributed by atoms with Gasteiger partial charge in [-0.2, -0.15) is 4.31 Å². The van der Waals surface area contributed by atoms with E-state index in [1.807, 2.05) is 25.1 Å². The molecule has 1 fully saturated rings. The summed E-state index contributed by atoms with van der Waals surface area (Å²) >= 11 is 5.95. The lowest BCUT2D eigenvalue weighted by molar-refractivity contribution is 0.141. The second kappa shape index (κ2) is 7.87. The van der Waals surface area contributed by atoms with Crippen molar-refractivity contribution < 1.29 is 8.42 Å². The van der Waals surface area contributed by atoms with Crippen LogP contribution in [0.5, 0.6) is 0 Å². The highest BCUT2D eigenvalue weighted by Crippen LogP contribution is 2.24. The highest BCUT2D eigenvalue weighted by molar-refractivity contribution is 7.89. The van der Waals surface area contributed by atoms with Gasteiger partial charge in [0.2, 0.25) is 10.0 Å². The number of aromatic amines is 1. The van der Waals surface area contributed by atoms with E-state index in [-0.39, 0.29) is 16.5 Å². The molecule has 1 unspecified atom stereocenters. The van der Waals surface area contributed by atoms with Crippen molar-refractivity contribution in [2.24, 2.45) is 0 Å². The maximum absolute atomic E-state index is 12.9. The summed E-state index contributed by atoms with van der Waals surface area (Å²) < 4.78 is 27.2. The number of nitrogens with one attached hydrogen (secondary N) is 1. The maximum atomic E-state index is 12.9. The van der Waals surface area contributed by atoms with Crippen LogP contribution < -0.4 is 5.56 Å². The van der Waals surface area contributed by atoms with E-state index in [0.29, 0.717) is 47.9 Å². The van der Waals surface area contributed by atoms with E-state index in [1.54, 1.807) is 24.3 Å². The minimum absolute atomic E-state index is 0.136. The van der Waals surface area contributed by atoms with Crippen molar-refractivity contribution in [3.63, 3.8) is 0 Å². The summed E-state index contributed by atoms with van der Waals surface area (Å²) in [6.07, 6.45) is 0. The minimum atomic E-state index is -3.59. The number of fused-ring (bicyclic) bond motifs is 1. The molecule has 4 rings (SSSR count). The number of rotatable bonds is 4. The van der Waals surface area contributed by atoms with Gasteiger partial charge in [-0.25, -0.2) is 13.4 Å². The molecule has 0 spiro atoms. The third-order valence-corrected chi connectivity index (χ3v) is 7.41. The molecule has 0 saturated carbocycles. The third kappa shape index (κ3) is 3.93. The molecule has 29 heavy (non-hydrogen) atoms. The predicted octanol–water partition coefficient (Wildman–Crippen LogP) is 2.64. The first-order valence-electron chi connectivity index (χ1n) is 9.35. The molecule has 1 N–H and O–H groups in total. The lowest BCUT2D eigenvalue weighted by atomic mass is 10.2. The molecule has 7 nitrogen and oxygen atoms in total. The van der Waals surface area contributed by atoms with Gasteiger partial charge in [-0.15, -0.1) is 0 Å². The van der Waals surface area contributed by atoms with Crippen molar-refractivity contribution in [2.75, 3.05) is 26.2 Å². The number of hydrogen-bond acceptors (Lipinski definition) is 5. The number of piperazine rings is 1. The van der Waals surface area contributed by atoms with Gasteiger partial charge in [-0.1, -0.05) is 29.8 Å². The fraction of sp³-hybridized carbons (Fsp3) is 0.300.